The highest BCUT2D eigenvalue weighted by Gasteiger charge is 2.29. The van der Waals surface area contributed by atoms with Gasteiger partial charge in [0.1, 0.15) is 0 Å². The van der Waals surface area contributed by atoms with Crippen molar-refractivity contribution in [1.29, 1.82) is 0 Å². The van der Waals surface area contributed by atoms with Crippen molar-refractivity contribution in [3.05, 3.63) is 0 Å². The van der Waals surface area contributed by atoms with Crippen LogP contribution in [0.1, 0.15) is 0 Å². The largest absolute Gasteiger partial charge is 0.465 e. The van der Waals surface area contributed by atoms with Crippen molar-refractivity contribution in [3.63, 3.8) is 0 Å². The maximum Gasteiger partial charge on any atom is 0.407 e. The number of rotatable bonds is 1. The number of hydrogen-bond donors (Lipinski definition) is 1. The molecule has 2 aliphatic heterocycles. The van der Waals surface area contributed by atoms with E-state index in [0.29, 0.717) is 19.1 Å². The second-order valence-electron chi connectivity index (χ2n) is 3.50. The molecule has 5 nitrogen and oxygen atoms in total. The van der Waals surface area contributed by atoms with Crippen LogP contribution in [0.5, 0.6) is 0 Å². The molecule has 1 amide bonds. The predicted molar refractivity (Wildman–Crippen MR) is 45.8 cm³/mol. The van der Waals surface area contributed by atoms with E-state index in [9.17, 15) is 4.79 Å². The van der Waals surface area contributed by atoms with Crippen LogP contribution in [0, 0.1) is 0 Å². The number of hydrogen-bond acceptors (Lipinski definition) is 3. The number of carbonyl (C=O) groups is 1. The van der Waals surface area contributed by atoms with Gasteiger partial charge in [0.05, 0.1) is 19.3 Å². The Labute approximate surface area is 76.9 Å². The van der Waals surface area contributed by atoms with Crippen LogP contribution in [0.25, 0.3) is 0 Å². The molecule has 2 rings (SSSR count). The number of piperazine rings is 1. The quantitative estimate of drug-likeness (QED) is 0.610. The van der Waals surface area contributed by atoms with Gasteiger partial charge >= 0.3 is 6.09 Å². The molecule has 0 aromatic heterocycles. The monoisotopic (exact) mass is 186 g/mol. The summed E-state index contributed by atoms with van der Waals surface area (Å²) in [5, 5.41) is 8.72. The molecule has 5 heteroatoms. The molecule has 0 unspecified atom stereocenters. The van der Waals surface area contributed by atoms with E-state index in [4.69, 9.17) is 9.84 Å². The van der Waals surface area contributed by atoms with Gasteiger partial charge in [0.25, 0.3) is 0 Å². The Bertz CT molecular complexity index is 198. The molecule has 1 N–H and O–H groups in total. The summed E-state index contributed by atoms with van der Waals surface area (Å²) in [5.74, 6) is 0. The fourth-order valence-corrected chi connectivity index (χ4v) is 1.71. The predicted octanol–water partition coefficient (Wildman–Crippen LogP) is -0.319. The van der Waals surface area contributed by atoms with Crippen LogP contribution in [0.4, 0.5) is 4.79 Å². The molecule has 0 atom stereocenters. The van der Waals surface area contributed by atoms with Crippen LogP contribution in [-0.4, -0.2) is 66.4 Å². The zero-order valence-electron chi connectivity index (χ0n) is 7.48. The maximum absolute atomic E-state index is 10.6. The zero-order valence-corrected chi connectivity index (χ0v) is 7.48. The van der Waals surface area contributed by atoms with Crippen molar-refractivity contribution in [2.24, 2.45) is 0 Å². The van der Waals surface area contributed by atoms with Crippen LogP contribution in [0.15, 0.2) is 0 Å². The van der Waals surface area contributed by atoms with Crippen molar-refractivity contribution in [2.75, 3.05) is 39.4 Å². The van der Waals surface area contributed by atoms with Gasteiger partial charge in [0, 0.05) is 26.2 Å². The Morgan fingerprint density at radius 1 is 1.23 bits per heavy atom. The van der Waals surface area contributed by atoms with E-state index in [1.54, 1.807) is 0 Å². The number of nitrogens with zero attached hydrogens (tertiary/aromatic N) is 2. The summed E-state index contributed by atoms with van der Waals surface area (Å²) in [7, 11) is 0. The van der Waals surface area contributed by atoms with Gasteiger partial charge in [-0.2, -0.15) is 0 Å². The van der Waals surface area contributed by atoms with Gasteiger partial charge in [-0.05, 0) is 0 Å². The van der Waals surface area contributed by atoms with Gasteiger partial charge in [-0.25, -0.2) is 4.79 Å². The average molecular weight is 186 g/mol. The van der Waals surface area contributed by atoms with Gasteiger partial charge < -0.3 is 14.7 Å². The molecular formula is C8H14N2O3. The molecule has 2 saturated heterocycles. The molecule has 2 fully saturated rings. The second kappa shape index (κ2) is 3.51. The van der Waals surface area contributed by atoms with Crippen molar-refractivity contribution < 1.29 is 14.6 Å². The summed E-state index contributed by atoms with van der Waals surface area (Å²) in [6.45, 7) is 4.58. The van der Waals surface area contributed by atoms with E-state index in [-0.39, 0.29) is 0 Å². The first kappa shape index (κ1) is 8.77. The topological polar surface area (TPSA) is 53.0 Å². The maximum atomic E-state index is 10.6. The lowest BCUT2D eigenvalue weighted by Gasteiger charge is -2.41. The third kappa shape index (κ3) is 1.76. The second-order valence-corrected chi connectivity index (χ2v) is 3.50. The minimum Gasteiger partial charge on any atom is -0.465 e. The molecular weight excluding hydrogens is 172 g/mol. The number of amides is 1. The van der Waals surface area contributed by atoms with Gasteiger partial charge in [-0.15, -0.1) is 0 Å². The SMILES string of the molecule is O=C(O)N1CCN(C2COC2)CC1. The molecule has 0 aromatic rings. The molecule has 0 radical (unpaired) electrons. The Hall–Kier alpha value is -0.810. The van der Waals surface area contributed by atoms with E-state index in [1.165, 1.54) is 4.90 Å². The van der Waals surface area contributed by atoms with Gasteiger partial charge in [0.2, 0.25) is 0 Å². The molecule has 74 valence electrons. The van der Waals surface area contributed by atoms with E-state index in [1.807, 2.05) is 0 Å². The molecule has 0 saturated carbocycles. The van der Waals surface area contributed by atoms with E-state index in [0.717, 1.165) is 26.3 Å². The van der Waals surface area contributed by atoms with Crippen molar-refractivity contribution in [1.82, 2.24) is 9.80 Å². The standard InChI is InChI=1S/C8H14N2O3/c11-8(12)10-3-1-9(2-4-10)7-5-13-6-7/h7H,1-6H2,(H,11,12). The Morgan fingerprint density at radius 3 is 2.23 bits per heavy atom. The summed E-state index contributed by atoms with van der Waals surface area (Å²) >= 11 is 0. The fourth-order valence-electron chi connectivity index (χ4n) is 1.71. The molecule has 0 bridgehead atoms. The minimum atomic E-state index is -0.801. The third-order valence-corrected chi connectivity index (χ3v) is 2.72. The smallest absolute Gasteiger partial charge is 0.407 e. The highest BCUT2D eigenvalue weighted by atomic mass is 16.5. The van der Waals surface area contributed by atoms with E-state index < -0.39 is 6.09 Å². The first-order chi connectivity index (χ1) is 6.27. The van der Waals surface area contributed by atoms with Crippen molar-refractivity contribution in [2.45, 2.75) is 6.04 Å². The number of carboxylic acid groups (broad SMARTS) is 1. The van der Waals surface area contributed by atoms with Crippen LogP contribution < -0.4 is 0 Å². The van der Waals surface area contributed by atoms with Crippen LogP contribution >= 0.6 is 0 Å². The molecule has 13 heavy (non-hydrogen) atoms. The molecule has 0 aliphatic carbocycles. The highest BCUT2D eigenvalue weighted by Crippen LogP contribution is 2.12. The van der Waals surface area contributed by atoms with Crippen LogP contribution in [0.3, 0.4) is 0 Å². The van der Waals surface area contributed by atoms with Crippen LogP contribution in [0.2, 0.25) is 0 Å². The van der Waals surface area contributed by atoms with Crippen molar-refractivity contribution in [3.8, 4) is 0 Å². The normalized spacial score (nSPS) is 25.7. The fraction of sp³-hybridized carbons (Fsp3) is 0.875. The number of ether oxygens (including phenoxy) is 1. The Balaban J connectivity index is 1.78. The summed E-state index contributed by atoms with van der Waals surface area (Å²) in [5.41, 5.74) is 0. The molecule has 0 spiro atoms. The highest BCUT2D eigenvalue weighted by molar-refractivity contribution is 5.65. The molecule has 2 heterocycles. The summed E-state index contributed by atoms with van der Waals surface area (Å²) in [4.78, 5) is 14.4. The summed E-state index contributed by atoms with van der Waals surface area (Å²) < 4.78 is 5.09. The summed E-state index contributed by atoms with van der Waals surface area (Å²) in [6, 6.07) is 0.538. The Kier molecular flexibility index (Phi) is 2.37. The first-order valence-electron chi connectivity index (χ1n) is 4.57. The van der Waals surface area contributed by atoms with Crippen LogP contribution in [-0.2, 0) is 4.74 Å². The van der Waals surface area contributed by atoms with E-state index >= 15 is 0 Å². The molecule has 0 aromatic carbocycles. The zero-order chi connectivity index (χ0) is 9.26. The lowest BCUT2D eigenvalue weighted by molar-refractivity contribution is -0.0750. The van der Waals surface area contributed by atoms with Crippen molar-refractivity contribution >= 4 is 6.09 Å². The van der Waals surface area contributed by atoms with Gasteiger partial charge in [0.15, 0.2) is 0 Å². The lowest BCUT2D eigenvalue weighted by atomic mass is 10.2. The van der Waals surface area contributed by atoms with E-state index in [2.05, 4.69) is 4.90 Å². The van der Waals surface area contributed by atoms with Gasteiger partial charge in [-0.3, -0.25) is 4.90 Å². The minimum absolute atomic E-state index is 0.538. The summed E-state index contributed by atoms with van der Waals surface area (Å²) in [6.07, 6.45) is -0.801. The third-order valence-electron chi connectivity index (χ3n) is 2.72. The lowest BCUT2D eigenvalue weighted by Crippen LogP contribution is -2.57. The Morgan fingerprint density at radius 2 is 1.85 bits per heavy atom. The first-order valence-corrected chi connectivity index (χ1v) is 4.57. The molecule has 2 aliphatic rings. The average Bonchev–Trinajstić information content (AvgIpc) is 2.02. The van der Waals surface area contributed by atoms with Gasteiger partial charge in [-0.1, -0.05) is 0 Å².